The van der Waals surface area contributed by atoms with Crippen molar-refractivity contribution in [1.82, 2.24) is 14.5 Å². The molecule has 1 aliphatic heterocycles. The number of rotatable bonds is 7. The van der Waals surface area contributed by atoms with E-state index in [2.05, 4.69) is 16.4 Å². The van der Waals surface area contributed by atoms with Crippen molar-refractivity contribution in [3.05, 3.63) is 70.1 Å². The molecule has 0 saturated carbocycles. The number of nitrogens with one attached hydrogen (secondary N) is 1. The number of nitriles is 1. The Morgan fingerprint density at radius 1 is 1.30 bits per heavy atom. The van der Waals surface area contributed by atoms with E-state index in [0.29, 0.717) is 49.5 Å². The van der Waals surface area contributed by atoms with Crippen molar-refractivity contribution >= 4 is 28.2 Å². The third-order valence-electron chi connectivity index (χ3n) is 5.98. The molecule has 1 atom stereocenters. The van der Waals surface area contributed by atoms with Crippen molar-refractivity contribution < 1.29 is 9.59 Å². The van der Waals surface area contributed by atoms with Gasteiger partial charge >= 0.3 is 0 Å². The van der Waals surface area contributed by atoms with Crippen molar-refractivity contribution in [3.8, 4) is 6.07 Å². The largest absolute Gasteiger partial charge is 0.337 e. The molecular weight excluding hydrogens is 434 g/mol. The number of amides is 2. The number of aromatic nitrogens is 2. The van der Waals surface area contributed by atoms with Crippen molar-refractivity contribution in [3.63, 3.8) is 0 Å². The number of carbonyl (C=O) groups is 2. The molecule has 0 bridgehead atoms. The topological polar surface area (TPSA) is 91.0 Å². The fraction of sp³-hybridized carbons (Fsp3) is 0.360. The maximum absolute atomic E-state index is 12.7. The molecule has 0 spiro atoms. The van der Waals surface area contributed by atoms with Gasteiger partial charge in [0.05, 0.1) is 24.1 Å². The first-order valence-electron chi connectivity index (χ1n) is 11.1. The minimum Gasteiger partial charge on any atom is -0.337 e. The highest BCUT2D eigenvalue weighted by molar-refractivity contribution is 7.16. The Bertz CT molecular complexity index is 1190. The van der Waals surface area contributed by atoms with Crippen LogP contribution in [-0.4, -0.2) is 32.8 Å². The molecule has 8 heteroatoms. The van der Waals surface area contributed by atoms with E-state index >= 15 is 0 Å². The van der Waals surface area contributed by atoms with Gasteiger partial charge in [-0.05, 0) is 30.4 Å². The molecule has 1 aliphatic rings. The molecule has 1 unspecified atom stereocenters. The van der Waals surface area contributed by atoms with Crippen molar-refractivity contribution in [2.75, 3.05) is 11.9 Å². The van der Waals surface area contributed by atoms with E-state index in [1.54, 1.807) is 6.33 Å². The van der Waals surface area contributed by atoms with Gasteiger partial charge in [0.25, 0.3) is 0 Å². The van der Waals surface area contributed by atoms with Gasteiger partial charge in [0.1, 0.15) is 11.1 Å². The fourth-order valence-corrected chi connectivity index (χ4v) is 5.38. The molecule has 3 aromatic rings. The summed E-state index contributed by atoms with van der Waals surface area (Å²) in [6.07, 6.45) is 5.04. The fourth-order valence-electron chi connectivity index (χ4n) is 4.15. The summed E-state index contributed by atoms with van der Waals surface area (Å²) in [6.45, 7) is 5.60. The Kier molecular flexibility index (Phi) is 6.90. The average Bonchev–Trinajstić information content (AvgIpc) is 3.39. The first-order valence-corrected chi connectivity index (χ1v) is 11.9. The molecule has 0 radical (unpaired) electrons. The number of hydrogen-bond donors (Lipinski definition) is 1. The molecule has 2 aromatic heterocycles. The predicted octanol–water partition coefficient (Wildman–Crippen LogP) is 4.23. The summed E-state index contributed by atoms with van der Waals surface area (Å²) in [6, 6.07) is 12.2. The maximum Gasteiger partial charge on any atom is 0.225 e. The quantitative estimate of drug-likeness (QED) is 0.570. The van der Waals surface area contributed by atoms with E-state index in [-0.39, 0.29) is 17.7 Å². The summed E-state index contributed by atoms with van der Waals surface area (Å²) in [7, 11) is 0. The summed E-state index contributed by atoms with van der Waals surface area (Å²) in [5, 5.41) is 13.3. The van der Waals surface area contributed by atoms with Crippen molar-refractivity contribution in [2.24, 2.45) is 0 Å². The summed E-state index contributed by atoms with van der Waals surface area (Å²) >= 11 is 1.41. The van der Waals surface area contributed by atoms with Gasteiger partial charge in [-0.25, -0.2) is 4.98 Å². The Morgan fingerprint density at radius 3 is 2.79 bits per heavy atom. The molecule has 0 aliphatic carbocycles. The first-order chi connectivity index (χ1) is 15.9. The molecule has 0 fully saturated rings. The van der Waals surface area contributed by atoms with E-state index in [1.807, 2.05) is 59.8 Å². The normalized spacial score (nSPS) is 13.8. The van der Waals surface area contributed by atoms with Gasteiger partial charge in [-0.2, -0.15) is 5.26 Å². The smallest absolute Gasteiger partial charge is 0.225 e. The van der Waals surface area contributed by atoms with Crippen LogP contribution in [0, 0.1) is 18.3 Å². The molecule has 7 nitrogen and oxygen atoms in total. The Hall–Kier alpha value is -3.44. The second kappa shape index (κ2) is 10.0. The third-order valence-corrected chi connectivity index (χ3v) is 7.11. The van der Waals surface area contributed by atoms with Crippen LogP contribution in [0.1, 0.15) is 52.9 Å². The Labute approximate surface area is 197 Å². The van der Waals surface area contributed by atoms with Crippen LogP contribution in [0.4, 0.5) is 5.00 Å². The first kappa shape index (κ1) is 22.7. The SMILES string of the molecule is Cc1cn(CCC(=O)N2CCc3c(sc(NC(=O)CC(C)c4ccccc4)c3C#N)C2)cn1. The summed E-state index contributed by atoms with van der Waals surface area (Å²) in [5.74, 6) is 0.0601. The molecule has 33 heavy (non-hydrogen) atoms. The van der Waals surface area contributed by atoms with Gasteiger partial charge in [0.15, 0.2) is 0 Å². The highest BCUT2D eigenvalue weighted by atomic mass is 32.1. The lowest BCUT2D eigenvalue weighted by atomic mass is 9.97. The minimum atomic E-state index is -0.106. The number of anilines is 1. The van der Waals surface area contributed by atoms with Gasteiger partial charge in [-0.3, -0.25) is 9.59 Å². The molecule has 1 aromatic carbocycles. The number of thiophene rings is 1. The van der Waals surface area contributed by atoms with E-state index in [4.69, 9.17) is 0 Å². The zero-order valence-electron chi connectivity index (χ0n) is 18.9. The van der Waals surface area contributed by atoms with Gasteiger partial charge < -0.3 is 14.8 Å². The zero-order chi connectivity index (χ0) is 23.4. The van der Waals surface area contributed by atoms with Gasteiger partial charge in [-0.15, -0.1) is 11.3 Å². The van der Waals surface area contributed by atoms with E-state index in [1.165, 1.54) is 11.3 Å². The van der Waals surface area contributed by atoms with Gasteiger partial charge in [0, 0.05) is 37.0 Å². The molecule has 170 valence electrons. The van der Waals surface area contributed by atoms with Crippen LogP contribution < -0.4 is 5.32 Å². The van der Waals surface area contributed by atoms with Crippen LogP contribution in [0.2, 0.25) is 0 Å². The van der Waals surface area contributed by atoms with Crippen molar-refractivity contribution in [2.45, 2.75) is 52.1 Å². The molecule has 4 rings (SSSR count). The Morgan fingerprint density at radius 2 is 2.09 bits per heavy atom. The third kappa shape index (κ3) is 5.32. The van der Waals surface area contributed by atoms with Gasteiger partial charge in [-0.1, -0.05) is 37.3 Å². The zero-order valence-corrected chi connectivity index (χ0v) is 19.7. The van der Waals surface area contributed by atoms with E-state index in [9.17, 15) is 14.9 Å². The number of hydrogen-bond acceptors (Lipinski definition) is 5. The molecule has 2 amide bonds. The molecule has 0 saturated heterocycles. The number of benzene rings is 1. The lowest BCUT2D eigenvalue weighted by Crippen LogP contribution is -2.35. The Balaban J connectivity index is 1.39. The van der Waals surface area contributed by atoms with E-state index in [0.717, 1.165) is 21.7 Å². The van der Waals surface area contributed by atoms with Crippen LogP contribution in [0.5, 0.6) is 0 Å². The lowest BCUT2D eigenvalue weighted by molar-refractivity contribution is -0.132. The number of nitrogens with zero attached hydrogens (tertiary/aromatic N) is 4. The second-order valence-corrected chi connectivity index (χ2v) is 9.56. The highest BCUT2D eigenvalue weighted by Gasteiger charge is 2.27. The molecule has 1 N–H and O–H groups in total. The maximum atomic E-state index is 12.7. The lowest BCUT2D eigenvalue weighted by Gasteiger charge is -2.27. The number of aryl methyl sites for hydroxylation is 2. The average molecular weight is 462 g/mol. The monoisotopic (exact) mass is 461 g/mol. The number of fused-ring (bicyclic) bond motifs is 1. The van der Waals surface area contributed by atoms with Crippen LogP contribution in [0.15, 0.2) is 42.9 Å². The predicted molar refractivity (Wildman–Crippen MR) is 128 cm³/mol. The van der Waals surface area contributed by atoms with Crippen LogP contribution >= 0.6 is 11.3 Å². The summed E-state index contributed by atoms with van der Waals surface area (Å²) < 4.78 is 1.92. The molecule has 3 heterocycles. The number of carbonyl (C=O) groups excluding carboxylic acids is 2. The highest BCUT2D eigenvalue weighted by Crippen LogP contribution is 2.37. The standard InChI is InChI=1S/C25H27N5O2S/c1-17(19-6-4-3-5-7-19)12-23(31)28-25-21(13-26)20-8-11-30(15-22(20)33-25)24(32)9-10-29-14-18(2)27-16-29/h3-7,14,16-17H,8-12,15H2,1-2H3,(H,28,31). The second-order valence-electron chi connectivity index (χ2n) is 8.45. The van der Waals surface area contributed by atoms with E-state index < -0.39 is 0 Å². The summed E-state index contributed by atoms with van der Waals surface area (Å²) in [4.78, 5) is 32.4. The van der Waals surface area contributed by atoms with Crippen molar-refractivity contribution in [1.29, 1.82) is 5.26 Å². The summed E-state index contributed by atoms with van der Waals surface area (Å²) in [5.41, 5.74) is 3.54. The van der Waals surface area contributed by atoms with Gasteiger partial charge in [0.2, 0.25) is 11.8 Å². The van der Waals surface area contributed by atoms with Crippen LogP contribution in [-0.2, 0) is 29.1 Å². The van der Waals surface area contributed by atoms with Crippen LogP contribution in [0.3, 0.4) is 0 Å². The molecular formula is C25H27N5O2S. The minimum absolute atomic E-state index is 0.0821. The number of imidazole rings is 1. The van der Waals surface area contributed by atoms with Crippen LogP contribution in [0.25, 0.3) is 0 Å².